The molecule has 0 bridgehead atoms. The van der Waals surface area contributed by atoms with Crippen LogP contribution in [0.15, 0.2) is 24.3 Å². The predicted molar refractivity (Wildman–Crippen MR) is 92.5 cm³/mol. The van der Waals surface area contributed by atoms with E-state index in [9.17, 15) is 17.6 Å². The van der Waals surface area contributed by atoms with Gasteiger partial charge in [-0.2, -0.15) is 4.31 Å². The van der Waals surface area contributed by atoms with Crippen molar-refractivity contribution in [1.82, 2.24) is 14.5 Å². The Hall–Kier alpha value is -1.51. The van der Waals surface area contributed by atoms with Gasteiger partial charge in [0.15, 0.2) is 0 Å². The molecule has 6 nitrogen and oxygen atoms in total. The van der Waals surface area contributed by atoms with Crippen molar-refractivity contribution < 1.29 is 17.6 Å². The summed E-state index contributed by atoms with van der Waals surface area (Å²) in [6.45, 7) is 1.35. The molecule has 0 aliphatic heterocycles. The lowest BCUT2D eigenvalue weighted by Crippen LogP contribution is -2.35. The van der Waals surface area contributed by atoms with Gasteiger partial charge >= 0.3 is 0 Å². The molecule has 0 saturated heterocycles. The average Bonchev–Trinajstić information content (AvgIpc) is 2.48. The zero-order chi connectivity index (χ0) is 18.2. The zero-order valence-corrected chi connectivity index (χ0v) is 15.3. The van der Waals surface area contributed by atoms with Gasteiger partial charge in [0.25, 0.3) is 0 Å². The van der Waals surface area contributed by atoms with Crippen LogP contribution in [-0.2, 0) is 21.4 Å². The van der Waals surface area contributed by atoms with E-state index in [1.54, 1.807) is 12.1 Å². The van der Waals surface area contributed by atoms with Crippen LogP contribution >= 0.6 is 0 Å². The van der Waals surface area contributed by atoms with Crippen LogP contribution in [0.4, 0.5) is 4.39 Å². The van der Waals surface area contributed by atoms with Crippen molar-refractivity contribution in [2.24, 2.45) is 0 Å². The summed E-state index contributed by atoms with van der Waals surface area (Å²) < 4.78 is 38.5. The number of hydrogen-bond donors (Lipinski definition) is 1. The Bertz CT molecular complexity index is 635. The molecule has 136 valence electrons. The number of nitrogens with one attached hydrogen (secondary N) is 1. The number of hydrogen-bond acceptors (Lipinski definition) is 4. The van der Waals surface area contributed by atoms with Crippen LogP contribution in [0, 0.1) is 5.82 Å². The summed E-state index contributed by atoms with van der Waals surface area (Å²) in [5.41, 5.74) is 0.286. The summed E-state index contributed by atoms with van der Waals surface area (Å²) >= 11 is 0. The molecule has 0 atom stereocenters. The summed E-state index contributed by atoms with van der Waals surface area (Å²) in [6, 6.07) is 6.02. The van der Waals surface area contributed by atoms with Crippen molar-refractivity contribution in [2.75, 3.05) is 40.0 Å². The highest BCUT2D eigenvalue weighted by Gasteiger charge is 2.19. The van der Waals surface area contributed by atoms with Crippen molar-refractivity contribution in [2.45, 2.75) is 19.4 Å². The van der Waals surface area contributed by atoms with Crippen LogP contribution in [0.3, 0.4) is 0 Å². The van der Waals surface area contributed by atoms with Crippen LogP contribution in [0.2, 0.25) is 0 Å². The maximum Gasteiger partial charge on any atom is 0.221 e. The van der Waals surface area contributed by atoms with E-state index in [2.05, 4.69) is 5.32 Å². The van der Waals surface area contributed by atoms with Crippen molar-refractivity contribution in [1.29, 1.82) is 0 Å². The lowest BCUT2D eigenvalue weighted by Gasteiger charge is -2.20. The van der Waals surface area contributed by atoms with Crippen LogP contribution < -0.4 is 5.32 Å². The first kappa shape index (κ1) is 20.5. The Morgan fingerprint density at radius 3 is 2.46 bits per heavy atom. The monoisotopic (exact) mass is 359 g/mol. The first-order valence-corrected chi connectivity index (χ1v) is 9.65. The molecule has 0 radical (unpaired) electrons. The Kier molecular flexibility index (Phi) is 8.30. The van der Waals surface area contributed by atoms with E-state index in [0.717, 1.165) is 23.5 Å². The molecule has 1 N–H and O–H groups in total. The summed E-state index contributed by atoms with van der Waals surface area (Å²) in [5.74, 6) is -0.671. The fourth-order valence-corrected chi connectivity index (χ4v) is 2.91. The number of carbonyl (C=O) groups is 1. The molecule has 0 heterocycles. The fourth-order valence-electron chi connectivity index (χ4n) is 2.12. The summed E-state index contributed by atoms with van der Waals surface area (Å²) in [6.07, 6.45) is 1.93. The van der Waals surface area contributed by atoms with Gasteiger partial charge in [-0.05, 0) is 33.1 Å². The van der Waals surface area contributed by atoms with E-state index >= 15 is 0 Å². The van der Waals surface area contributed by atoms with Gasteiger partial charge in [0.1, 0.15) is 5.82 Å². The molecule has 1 rings (SSSR count). The molecule has 0 aromatic heterocycles. The molecule has 1 amide bonds. The van der Waals surface area contributed by atoms with Crippen molar-refractivity contribution in [3.8, 4) is 0 Å². The van der Waals surface area contributed by atoms with E-state index in [-0.39, 0.29) is 31.0 Å². The third kappa shape index (κ3) is 7.85. The first-order chi connectivity index (χ1) is 11.2. The van der Waals surface area contributed by atoms with E-state index in [1.165, 1.54) is 12.1 Å². The maximum atomic E-state index is 13.7. The smallest absolute Gasteiger partial charge is 0.221 e. The quantitative estimate of drug-likeness (QED) is 0.634. The number of sulfonamides is 1. The van der Waals surface area contributed by atoms with Gasteiger partial charge in [-0.3, -0.25) is 4.79 Å². The lowest BCUT2D eigenvalue weighted by atomic mass is 10.2. The molecular weight excluding hydrogens is 333 g/mol. The van der Waals surface area contributed by atoms with Gasteiger partial charge in [-0.15, -0.1) is 0 Å². The second-order valence-corrected chi connectivity index (χ2v) is 7.93. The van der Waals surface area contributed by atoms with Crippen molar-refractivity contribution in [3.05, 3.63) is 35.6 Å². The average molecular weight is 359 g/mol. The molecular formula is C16H26FN3O3S. The highest BCUT2D eigenvalue weighted by atomic mass is 32.2. The molecule has 0 saturated carbocycles. The Morgan fingerprint density at radius 2 is 1.88 bits per heavy atom. The summed E-state index contributed by atoms with van der Waals surface area (Å²) in [5, 5.41) is 2.76. The number of carbonyl (C=O) groups excluding carboxylic acids is 1. The Morgan fingerprint density at radius 1 is 1.21 bits per heavy atom. The topological polar surface area (TPSA) is 69.7 Å². The van der Waals surface area contributed by atoms with Crippen molar-refractivity contribution in [3.63, 3.8) is 0 Å². The number of benzene rings is 1. The minimum atomic E-state index is -3.53. The SMILES string of the molecule is CN(C)CCCNC(=O)CCN(Cc1ccccc1F)S(C)(=O)=O. The van der Waals surface area contributed by atoms with Gasteiger partial charge < -0.3 is 10.2 Å². The van der Waals surface area contributed by atoms with Gasteiger partial charge in [-0.25, -0.2) is 12.8 Å². The lowest BCUT2D eigenvalue weighted by molar-refractivity contribution is -0.121. The largest absolute Gasteiger partial charge is 0.356 e. The molecule has 0 aliphatic rings. The van der Waals surface area contributed by atoms with Gasteiger partial charge in [-0.1, -0.05) is 18.2 Å². The third-order valence-electron chi connectivity index (χ3n) is 3.47. The zero-order valence-electron chi connectivity index (χ0n) is 14.5. The predicted octanol–water partition coefficient (Wildman–Crippen LogP) is 1.05. The molecule has 8 heteroatoms. The number of rotatable bonds is 10. The highest BCUT2D eigenvalue weighted by molar-refractivity contribution is 7.88. The van der Waals surface area contributed by atoms with E-state index in [0.29, 0.717) is 6.54 Å². The number of nitrogens with zero attached hydrogens (tertiary/aromatic N) is 2. The summed E-state index contributed by atoms with van der Waals surface area (Å²) in [4.78, 5) is 13.8. The minimum absolute atomic E-state index is 0.0205. The van der Waals surface area contributed by atoms with E-state index in [1.807, 2.05) is 19.0 Å². The molecule has 0 spiro atoms. The number of halogens is 1. The highest BCUT2D eigenvalue weighted by Crippen LogP contribution is 2.12. The fraction of sp³-hybridized carbons (Fsp3) is 0.562. The minimum Gasteiger partial charge on any atom is -0.356 e. The van der Waals surface area contributed by atoms with Gasteiger partial charge in [0.2, 0.25) is 15.9 Å². The Labute approximate surface area is 143 Å². The second kappa shape index (κ2) is 9.71. The van der Waals surface area contributed by atoms with Crippen LogP contribution in [0.25, 0.3) is 0 Å². The van der Waals surface area contributed by atoms with E-state index < -0.39 is 15.8 Å². The molecule has 24 heavy (non-hydrogen) atoms. The molecule has 0 unspecified atom stereocenters. The third-order valence-corrected chi connectivity index (χ3v) is 4.72. The normalized spacial score (nSPS) is 11.9. The molecule has 1 aromatic carbocycles. The maximum absolute atomic E-state index is 13.7. The van der Waals surface area contributed by atoms with Gasteiger partial charge in [0.05, 0.1) is 6.26 Å². The van der Waals surface area contributed by atoms with Crippen LogP contribution in [0.5, 0.6) is 0 Å². The molecule has 1 aromatic rings. The number of amides is 1. The summed E-state index contributed by atoms with van der Waals surface area (Å²) in [7, 11) is 0.374. The van der Waals surface area contributed by atoms with Gasteiger partial charge in [0, 0.05) is 31.6 Å². The van der Waals surface area contributed by atoms with Crippen LogP contribution in [-0.4, -0.2) is 63.5 Å². The standard InChI is InChI=1S/C16H26FN3O3S/c1-19(2)11-6-10-18-16(21)9-12-20(24(3,22)23)13-14-7-4-5-8-15(14)17/h4-5,7-8H,6,9-13H2,1-3H3,(H,18,21). The first-order valence-electron chi connectivity index (χ1n) is 7.80. The molecule has 0 aliphatic carbocycles. The van der Waals surface area contributed by atoms with Crippen LogP contribution in [0.1, 0.15) is 18.4 Å². The van der Waals surface area contributed by atoms with E-state index in [4.69, 9.17) is 0 Å². The second-order valence-electron chi connectivity index (χ2n) is 5.94. The Balaban J connectivity index is 2.53. The molecule has 0 fully saturated rings. The van der Waals surface area contributed by atoms with Crippen molar-refractivity contribution >= 4 is 15.9 Å².